The Balaban J connectivity index is 1.49. The van der Waals surface area contributed by atoms with Crippen molar-refractivity contribution in [3.05, 3.63) is 71.0 Å². The van der Waals surface area contributed by atoms with Gasteiger partial charge in [0.05, 0.1) is 18.7 Å². The highest BCUT2D eigenvalue weighted by Gasteiger charge is 2.13. The SMILES string of the molecule is Cc1cccc(NC(=O)CSc2nnc(CNC(=O)Cc3ccccc3)n2C)c1C. The van der Waals surface area contributed by atoms with Crippen LogP contribution in [0.3, 0.4) is 0 Å². The quantitative estimate of drug-likeness (QED) is 0.544. The number of amides is 2. The van der Waals surface area contributed by atoms with E-state index in [1.165, 1.54) is 11.8 Å². The fourth-order valence-electron chi connectivity index (χ4n) is 2.85. The smallest absolute Gasteiger partial charge is 0.234 e. The lowest BCUT2D eigenvalue weighted by Gasteiger charge is -2.10. The van der Waals surface area contributed by atoms with E-state index in [-0.39, 0.29) is 24.1 Å². The van der Waals surface area contributed by atoms with Crippen molar-refractivity contribution in [3.8, 4) is 0 Å². The molecule has 0 unspecified atom stereocenters. The maximum Gasteiger partial charge on any atom is 0.234 e. The summed E-state index contributed by atoms with van der Waals surface area (Å²) in [5.41, 5.74) is 3.97. The maximum atomic E-state index is 12.3. The predicted molar refractivity (Wildman–Crippen MR) is 118 cm³/mol. The lowest BCUT2D eigenvalue weighted by molar-refractivity contribution is -0.120. The molecule has 0 aliphatic carbocycles. The van der Waals surface area contributed by atoms with Crippen LogP contribution in [-0.2, 0) is 29.6 Å². The number of hydrogen-bond acceptors (Lipinski definition) is 5. The molecule has 30 heavy (non-hydrogen) atoms. The zero-order chi connectivity index (χ0) is 21.5. The third-order valence-corrected chi connectivity index (χ3v) is 5.81. The molecule has 0 saturated heterocycles. The molecule has 1 aromatic heterocycles. The molecule has 0 saturated carbocycles. The van der Waals surface area contributed by atoms with E-state index in [4.69, 9.17) is 0 Å². The number of aryl methyl sites for hydroxylation is 1. The molecule has 0 fully saturated rings. The van der Waals surface area contributed by atoms with Gasteiger partial charge < -0.3 is 15.2 Å². The van der Waals surface area contributed by atoms with Crippen LogP contribution in [0, 0.1) is 13.8 Å². The van der Waals surface area contributed by atoms with Crippen LogP contribution in [0.2, 0.25) is 0 Å². The number of carbonyl (C=O) groups excluding carboxylic acids is 2. The Hall–Kier alpha value is -3.13. The van der Waals surface area contributed by atoms with Crippen LogP contribution in [0.4, 0.5) is 5.69 Å². The molecule has 2 N–H and O–H groups in total. The molecule has 0 aliphatic heterocycles. The minimum atomic E-state index is -0.102. The summed E-state index contributed by atoms with van der Waals surface area (Å²) in [7, 11) is 1.82. The van der Waals surface area contributed by atoms with Crippen molar-refractivity contribution in [2.45, 2.75) is 32.0 Å². The van der Waals surface area contributed by atoms with Gasteiger partial charge in [0, 0.05) is 12.7 Å². The highest BCUT2D eigenvalue weighted by atomic mass is 32.2. The molecule has 3 rings (SSSR count). The Labute approximate surface area is 180 Å². The van der Waals surface area contributed by atoms with Crippen molar-refractivity contribution >= 4 is 29.3 Å². The van der Waals surface area contributed by atoms with Crippen molar-refractivity contribution < 1.29 is 9.59 Å². The molecule has 8 heteroatoms. The fourth-order valence-corrected chi connectivity index (χ4v) is 3.58. The summed E-state index contributed by atoms with van der Waals surface area (Å²) in [6.07, 6.45) is 0.318. The van der Waals surface area contributed by atoms with Gasteiger partial charge in [-0.25, -0.2) is 0 Å². The van der Waals surface area contributed by atoms with Crippen molar-refractivity contribution in [1.29, 1.82) is 0 Å². The number of aromatic nitrogens is 3. The van der Waals surface area contributed by atoms with Gasteiger partial charge in [-0.2, -0.15) is 0 Å². The highest BCUT2D eigenvalue weighted by molar-refractivity contribution is 7.99. The summed E-state index contributed by atoms with van der Waals surface area (Å²) in [4.78, 5) is 24.4. The molecule has 0 aliphatic rings. The van der Waals surface area contributed by atoms with Crippen LogP contribution in [-0.4, -0.2) is 32.3 Å². The summed E-state index contributed by atoms with van der Waals surface area (Å²) in [6, 6.07) is 15.4. The van der Waals surface area contributed by atoms with Crippen molar-refractivity contribution in [2.24, 2.45) is 7.05 Å². The first-order valence-electron chi connectivity index (χ1n) is 9.62. The van der Waals surface area contributed by atoms with Crippen LogP contribution >= 0.6 is 11.8 Å². The third-order valence-electron chi connectivity index (χ3n) is 4.79. The molecule has 1 heterocycles. The second-order valence-corrected chi connectivity index (χ2v) is 7.92. The van der Waals surface area contributed by atoms with E-state index in [9.17, 15) is 9.59 Å². The average molecular weight is 424 g/mol. The van der Waals surface area contributed by atoms with E-state index in [0.717, 1.165) is 22.4 Å². The Kier molecular flexibility index (Phi) is 7.24. The molecular weight excluding hydrogens is 398 g/mol. The second kappa shape index (κ2) is 10.1. The second-order valence-electron chi connectivity index (χ2n) is 6.98. The van der Waals surface area contributed by atoms with Crippen LogP contribution < -0.4 is 10.6 Å². The van der Waals surface area contributed by atoms with E-state index >= 15 is 0 Å². The Bertz CT molecular complexity index is 1030. The van der Waals surface area contributed by atoms with Crippen LogP contribution in [0.1, 0.15) is 22.5 Å². The first kappa shape index (κ1) is 21.6. The molecular formula is C22H25N5O2S. The van der Waals surface area contributed by atoms with Gasteiger partial charge in [0.1, 0.15) is 0 Å². The first-order chi connectivity index (χ1) is 14.4. The topological polar surface area (TPSA) is 88.9 Å². The number of thioether (sulfide) groups is 1. The number of benzene rings is 2. The molecule has 156 valence electrons. The van der Waals surface area contributed by atoms with Crippen LogP contribution in [0.15, 0.2) is 53.7 Å². The van der Waals surface area contributed by atoms with Gasteiger partial charge in [0.15, 0.2) is 11.0 Å². The molecule has 7 nitrogen and oxygen atoms in total. The largest absolute Gasteiger partial charge is 0.349 e. The number of carbonyl (C=O) groups is 2. The normalized spacial score (nSPS) is 10.6. The average Bonchev–Trinajstić information content (AvgIpc) is 3.08. The monoisotopic (exact) mass is 423 g/mol. The third kappa shape index (κ3) is 5.70. The van der Waals surface area contributed by atoms with Crippen LogP contribution in [0.5, 0.6) is 0 Å². The molecule has 0 spiro atoms. The Morgan fingerprint density at radius 2 is 1.77 bits per heavy atom. The van der Waals surface area contributed by atoms with E-state index in [0.29, 0.717) is 17.4 Å². The van der Waals surface area contributed by atoms with Gasteiger partial charge in [0.2, 0.25) is 11.8 Å². The zero-order valence-electron chi connectivity index (χ0n) is 17.3. The zero-order valence-corrected chi connectivity index (χ0v) is 18.1. The number of nitrogens with one attached hydrogen (secondary N) is 2. The summed E-state index contributed by atoms with van der Waals surface area (Å²) in [6.45, 7) is 4.28. The van der Waals surface area contributed by atoms with Gasteiger partial charge in [-0.3, -0.25) is 9.59 Å². The van der Waals surface area contributed by atoms with Crippen molar-refractivity contribution in [3.63, 3.8) is 0 Å². The number of anilines is 1. The first-order valence-corrected chi connectivity index (χ1v) is 10.6. The van der Waals surface area contributed by atoms with Gasteiger partial charge in [-0.15, -0.1) is 10.2 Å². The molecule has 0 radical (unpaired) electrons. The maximum absolute atomic E-state index is 12.3. The Morgan fingerprint density at radius 1 is 1.00 bits per heavy atom. The fraction of sp³-hybridized carbons (Fsp3) is 0.273. The number of hydrogen-bond donors (Lipinski definition) is 2. The van der Waals surface area contributed by atoms with Crippen molar-refractivity contribution in [1.82, 2.24) is 20.1 Å². The molecule has 0 bridgehead atoms. The number of rotatable bonds is 8. The summed E-state index contributed by atoms with van der Waals surface area (Å²) >= 11 is 1.31. The van der Waals surface area contributed by atoms with E-state index < -0.39 is 0 Å². The lowest BCUT2D eigenvalue weighted by Crippen LogP contribution is -2.26. The molecule has 2 amide bonds. The highest BCUT2D eigenvalue weighted by Crippen LogP contribution is 2.20. The summed E-state index contributed by atoms with van der Waals surface area (Å²) < 4.78 is 1.79. The summed E-state index contributed by atoms with van der Waals surface area (Å²) in [5.74, 6) is 0.675. The Morgan fingerprint density at radius 3 is 2.53 bits per heavy atom. The minimum absolute atomic E-state index is 0.0775. The van der Waals surface area contributed by atoms with Crippen molar-refractivity contribution in [2.75, 3.05) is 11.1 Å². The van der Waals surface area contributed by atoms with Gasteiger partial charge in [0.25, 0.3) is 0 Å². The standard InChI is InChI=1S/C22H25N5O2S/c1-15-8-7-11-18(16(15)2)24-21(29)14-30-22-26-25-19(27(22)3)13-23-20(28)12-17-9-5-4-6-10-17/h4-11H,12-14H2,1-3H3,(H,23,28)(H,24,29). The van der Waals surface area contributed by atoms with E-state index in [1.54, 1.807) is 4.57 Å². The van der Waals surface area contributed by atoms with Gasteiger partial charge in [-0.1, -0.05) is 54.2 Å². The minimum Gasteiger partial charge on any atom is -0.349 e. The van der Waals surface area contributed by atoms with E-state index in [1.807, 2.05) is 69.4 Å². The molecule has 2 aromatic carbocycles. The van der Waals surface area contributed by atoms with Crippen LogP contribution in [0.25, 0.3) is 0 Å². The number of nitrogens with zero attached hydrogens (tertiary/aromatic N) is 3. The molecule has 0 atom stereocenters. The lowest BCUT2D eigenvalue weighted by atomic mass is 10.1. The summed E-state index contributed by atoms with van der Waals surface area (Å²) in [5, 5.41) is 14.7. The van der Waals surface area contributed by atoms with E-state index in [2.05, 4.69) is 20.8 Å². The molecule has 3 aromatic rings. The van der Waals surface area contributed by atoms with Gasteiger partial charge in [-0.05, 0) is 36.6 Å². The van der Waals surface area contributed by atoms with Gasteiger partial charge >= 0.3 is 0 Å². The predicted octanol–water partition coefficient (Wildman–Crippen LogP) is 3.02.